The maximum absolute atomic E-state index is 10.3. The molecule has 2 aromatic rings. The average Bonchev–Trinajstić information content (AvgIpc) is 3.05. The van der Waals surface area contributed by atoms with Gasteiger partial charge in [0.05, 0.1) is 13.2 Å². The highest BCUT2D eigenvalue weighted by atomic mass is 16.8. The van der Waals surface area contributed by atoms with Crippen LogP contribution in [0.5, 0.6) is 0 Å². The van der Waals surface area contributed by atoms with Crippen LogP contribution < -0.4 is 0 Å². The third-order valence-electron chi connectivity index (χ3n) is 4.67. The molecule has 138 valence electrons. The minimum absolute atomic E-state index is 0.266. The molecule has 2 heterocycles. The third kappa shape index (κ3) is 3.53. The topological polar surface area (TPSA) is 77.4 Å². The van der Waals surface area contributed by atoms with Crippen molar-refractivity contribution in [2.75, 3.05) is 13.2 Å². The van der Waals surface area contributed by atoms with Gasteiger partial charge in [0.15, 0.2) is 12.6 Å². The van der Waals surface area contributed by atoms with Crippen molar-refractivity contribution in [2.45, 2.75) is 37.0 Å². The summed E-state index contributed by atoms with van der Waals surface area (Å²) in [5.74, 6) is 0. The average molecular weight is 358 g/mol. The number of hydrogen-bond acceptors (Lipinski definition) is 6. The van der Waals surface area contributed by atoms with Crippen molar-refractivity contribution in [3.63, 3.8) is 0 Å². The molecule has 2 aliphatic rings. The zero-order chi connectivity index (χ0) is 17.9. The maximum Gasteiger partial charge on any atom is 0.184 e. The summed E-state index contributed by atoms with van der Waals surface area (Å²) in [7, 11) is 0. The monoisotopic (exact) mass is 358 g/mol. The Morgan fingerprint density at radius 2 is 1.46 bits per heavy atom. The molecule has 2 aromatic carbocycles. The van der Waals surface area contributed by atoms with Crippen molar-refractivity contribution in [1.82, 2.24) is 0 Å². The van der Waals surface area contributed by atoms with Gasteiger partial charge in [0.1, 0.15) is 24.4 Å². The summed E-state index contributed by atoms with van der Waals surface area (Å²) in [6.45, 7) is -0.170. The zero-order valence-electron chi connectivity index (χ0n) is 14.2. The third-order valence-corrected chi connectivity index (χ3v) is 4.67. The molecule has 4 rings (SSSR count). The van der Waals surface area contributed by atoms with E-state index in [9.17, 15) is 10.2 Å². The summed E-state index contributed by atoms with van der Waals surface area (Å²) >= 11 is 0. The number of fused-ring (bicyclic) bond motifs is 1. The number of aliphatic hydroxyl groups is 2. The first-order chi connectivity index (χ1) is 12.8. The number of rotatable bonds is 4. The summed E-state index contributed by atoms with van der Waals surface area (Å²) in [6.07, 6.45) is -4.04. The van der Waals surface area contributed by atoms with Crippen molar-refractivity contribution >= 4 is 0 Å². The second-order valence-corrected chi connectivity index (χ2v) is 6.44. The van der Waals surface area contributed by atoms with E-state index >= 15 is 0 Å². The molecule has 2 aliphatic heterocycles. The molecule has 0 spiro atoms. The molecule has 0 bridgehead atoms. The van der Waals surface area contributed by atoms with Gasteiger partial charge in [-0.1, -0.05) is 60.7 Å². The van der Waals surface area contributed by atoms with Crippen molar-refractivity contribution in [3.8, 4) is 0 Å². The lowest BCUT2D eigenvalue weighted by Crippen LogP contribution is -2.45. The Hall–Kier alpha value is -1.80. The van der Waals surface area contributed by atoms with Crippen LogP contribution in [0.25, 0.3) is 0 Å². The minimum atomic E-state index is -1.10. The first-order valence-corrected chi connectivity index (χ1v) is 8.73. The van der Waals surface area contributed by atoms with Crippen LogP contribution in [0.15, 0.2) is 60.7 Å². The normalized spacial score (nSPS) is 32.6. The first-order valence-electron chi connectivity index (χ1n) is 8.73. The van der Waals surface area contributed by atoms with Gasteiger partial charge in [-0.15, -0.1) is 0 Å². The summed E-state index contributed by atoms with van der Waals surface area (Å²) in [6, 6.07) is 19.1. The van der Waals surface area contributed by atoms with Gasteiger partial charge in [-0.25, -0.2) is 0 Å². The molecule has 2 fully saturated rings. The van der Waals surface area contributed by atoms with Crippen molar-refractivity contribution in [1.29, 1.82) is 0 Å². The van der Waals surface area contributed by atoms with E-state index in [1.807, 2.05) is 60.7 Å². The van der Waals surface area contributed by atoms with Gasteiger partial charge in [-0.3, -0.25) is 0 Å². The Kier molecular flexibility index (Phi) is 5.31. The van der Waals surface area contributed by atoms with E-state index in [4.69, 9.17) is 18.9 Å². The first kappa shape index (κ1) is 17.6. The van der Waals surface area contributed by atoms with Crippen molar-refractivity contribution < 1.29 is 29.2 Å². The van der Waals surface area contributed by atoms with Gasteiger partial charge < -0.3 is 29.2 Å². The fraction of sp³-hybridized carbons (Fsp3) is 0.400. The lowest BCUT2D eigenvalue weighted by Gasteiger charge is -2.28. The molecule has 2 saturated heterocycles. The molecule has 0 aliphatic carbocycles. The molecular formula is C20H22O6. The van der Waals surface area contributed by atoms with Crippen LogP contribution >= 0.6 is 0 Å². The molecule has 6 atom stereocenters. The van der Waals surface area contributed by atoms with Crippen molar-refractivity contribution in [3.05, 3.63) is 71.8 Å². The highest BCUT2D eigenvalue weighted by molar-refractivity contribution is 5.18. The fourth-order valence-corrected chi connectivity index (χ4v) is 3.33. The van der Waals surface area contributed by atoms with Crippen LogP contribution in [0.3, 0.4) is 0 Å². The Morgan fingerprint density at radius 3 is 2.08 bits per heavy atom. The molecule has 0 radical (unpaired) electrons. The largest absolute Gasteiger partial charge is 0.394 e. The maximum atomic E-state index is 10.3. The Morgan fingerprint density at radius 1 is 0.846 bits per heavy atom. The Bertz CT molecular complexity index is 694. The van der Waals surface area contributed by atoms with E-state index in [1.54, 1.807) is 0 Å². The van der Waals surface area contributed by atoms with Gasteiger partial charge in [-0.2, -0.15) is 0 Å². The van der Waals surface area contributed by atoms with Crippen molar-refractivity contribution in [2.24, 2.45) is 0 Å². The molecule has 0 saturated carbocycles. The second-order valence-electron chi connectivity index (χ2n) is 6.44. The smallest absolute Gasteiger partial charge is 0.184 e. The Balaban J connectivity index is 1.56. The number of ether oxygens (including phenoxy) is 4. The molecule has 6 nitrogen and oxygen atoms in total. The highest BCUT2D eigenvalue weighted by Gasteiger charge is 2.48. The van der Waals surface area contributed by atoms with Crippen LogP contribution in [-0.2, 0) is 18.9 Å². The van der Waals surface area contributed by atoms with E-state index < -0.39 is 43.6 Å². The lowest BCUT2D eigenvalue weighted by atomic mass is 10.0. The van der Waals surface area contributed by atoms with Crippen LogP contribution in [-0.4, -0.2) is 47.8 Å². The minimum Gasteiger partial charge on any atom is -0.394 e. The highest BCUT2D eigenvalue weighted by Crippen LogP contribution is 2.38. The molecule has 26 heavy (non-hydrogen) atoms. The predicted octanol–water partition coefficient (Wildman–Crippen LogP) is 1.94. The summed E-state index contributed by atoms with van der Waals surface area (Å²) < 4.78 is 24.0. The van der Waals surface area contributed by atoms with Gasteiger partial charge >= 0.3 is 0 Å². The summed E-state index contributed by atoms with van der Waals surface area (Å²) in [4.78, 5) is 0. The number of aliphatic hydroxyl groups excluding tert-OH is 2. The van der Waals surface area contributed by atoms with Gasteiger partial charge in [0, 0.05) is 11.1 Å². The molecule has 6 heteroatoms. The van der Waals surface area contributed by atoms with E-state index in [2.05, 4.69) is 0 Å². The quantitative estimate of drug-likeness (QED) is 0.870. The Labute approximate surface area is 151 Å². The molecular weight excluding hydrogens is 336 g/mol. The van der Waals surface area contributed by atoms with Crippen LogP contribution in [0.2, 0.25) is 0 Å². The van der Waals surface area contributed by atoms with Crippen LogP contribution in [0.4, 0.5) is 0 Å². The molecule has 0 amide bonds. The van der Waals surface area contributed by atoms with Gasteiger partial charge in [-0.05, 0) is 0 Å². The number of hydrogen-bond donors (Lipinski definition) is 2. The van der Waals surface area contributed by atoms with Crippen LogP contribution in [0, 0.1) is 0 Å². The van der Waals surface area contributed by atoms with E-state index in [-0.39, 0.29) is 6.61 Å². The summed E-state index contributed by atoms with van der Waals surface area (Å²) in [5, 5.41) is 19.8. The predicted molar refractivity (Wildman–Crippen MR) is 92.0 cm³/mol. The second kappa shape index (κ2) is 7.84. The van der Waals surface area contributed by atoms with Crippen LogP contribution in [0.1, 0.15) is 23.7 Å². The molecule has 2 N–H and O–H groups in total. The van der Waals surface area contributed by atoms with E-state index in [0.29, 0.717) is 0 Å². The van der Waals surface area contributed by atoms with Gasteiger partial charge in [0.2, 0.25) is 0 Å². The van der Waals surface area contributed by atoms with Gasteiger partial charge in [0.25, 0.3) is 0 Å². The lowest BCUT2D eigenvalue weighted by molar-refractivity contribution is -0.216. The van der Waals surface area contributed by atoms with E-state index in [0.717, 1.165) is 11.1 Å². The standard InChI is InChI=1S/C20H22O6/c21-11-15(22)17-18-16(24-20(26-18)14-9-5-2-6-10-14)12-23-19(25-17)13-7-3-1-4-8-13/h1-10,15-22H,11-12H2/t15-,16+,17+,18+,19?,20?/m1/s1. The zero-order valence-corrected chi connectivity index (χ0v) is 14.2. The SMILES string of the molecule is OC[C@@H](O)[C@@H]1OC(c2ccccc2)OC[C@@H]2OC(c3ccccc3)O[C@H]12. The fourth-order valence-electron chi connectivity index (χ4n) is 3.33. The molecule has 2 unspecified atom stereocenters. The molecule has 0 aromatic heterocycles. The summed E-state index contributed by atoms with van der Waals surface area (Å²) in [5.41, 5.74) is 1.72. The number of benzene rings is 2. The van der Waals surface area contributed by atoms with E-state index in [1.165, 1.54) is 0 Å².